The minimum absolute atomic E-state index is 0. The quantitative estimate of drug-likeness (QED) is 0.196. The lowest BCUT2D eigenvalue weighted by atomic mass is 10.1. The fourth-order valence-electron chi connectivity index (χ4n) is 4.59. The lowest BCUT2D eigenvalue weighted by molar-refractivity contribution is 0.277. The van der Waals surface area contributed by atoms with E-state index in [1.807, 2.05) is 24.3 Å². The number of methoxy groups -OCH3 is 1. The van der Waals surface area contributed by atoms with Crippen LogP contribution in [0.4, 0.5) is 34.1 Å². The van der Waals surface area contributed by atoms with E-state index < -0.39 is 0 Å². The number of nitrogens with zero attached hydrogens (tertiary/aromatic N) is 2. The Labute approximate surface area is 262 Å². The molecule has 6 rings (SSSR count). The van der Waals surface area contributed by atoms with Crippen LogP contribution in [-0.4, -0.2) is 19.7 Å². The number of para-hydroxylation sites is 4. The van der Waals surface area contributed by atoms with Gasteiger partial charge in [-0.15, -0.1) is 0 Å². The maximum Gasteiger partial charge on any atom is 0.0461 e. The molecule has 0 aromatic heterocycles. The highest BCUT2D eigenvalue weighted by molar-refractivity contribution is 5.77. The Balaban J connectivity index is 0.000000216. The largest absolute Gasteiger partial charge is 0.412 e. The van der Waals surface area contributed by atoms with E-state index in [2.05, 4.69) is 174 Å². The Morgan fingerprint density at radius 2 is 0.500 bits per heavy atom. The standard InChI is InChI=1S/2C19H17N.C2H6O.H2O/c2*1-16-12-14-19(15-13-16)20(17-8-4-2-5-9-17)18-10-6-3-7-11-18;1-3-2;/h2*2-15H,1H3;1-2H3;1H2. The van der Waals surface area contributed by atoms with Crippen LogP contribution in [0.25, 0.3) is 0 Å². The summed E-state index contributed by atoms with van der Waals surface area (Å²) >= 11 is 0. The minimum atomic E-state index is 0. The summed E-state index contributed by atoms with van der Waals surface area (Å²) in [6.45, 7) is 4.22. The van der Waals surface area contributed by atoms with Gasteiger partial charge in [-0.25, -0.2) is 0 Å². The number of hydrogen-bond acceptors (Lipinski definition) is 3. The molecule has 4 heteroatoms. The van der Waals surface area contributed by atoms with Gasteiger partial charge in [0.25, 0.3) is 0 Å². The van der Waals surface area contributed by atoms with Crippen molar-refractivity contribution in [1.82, 2.24) is 0 Å². The summed E-state index contributed by atoms with van der Waals surface area (Å²) < 4.78 is 4.25. The molecule has 0 saturated carbocycles. The van der Waals surface area contributed by atoms with Crippen LogP contribution in [0.15, 0.2) is 170 Å². The van der Waals surface area contributed by atoms with E-state index in [1.165, 1.54) is 45.3 Å². The van der Waals surface area contributed by atoms with Crippen LogP contribution in [0, 0.1) is 13.8 Å². The van der Waals surface area contributed by atoms with Crippen molar-refractivity contribution >= 4 is 34.1 Å². The molecule has 4 nitrogen and oxygen atoms in total. The van der Waals surface area contributed by atoms with E-state index in [9.17, 15) is 0 Å². The van der Waals surface area contributed by atoms with Crippen molar-refractivity contribution in [2.24, 2.45) is 0 Å². The number of rotatable bonds is 6. The summed E-state index contributed by atoms with van der Waals surface area (Å²) in [6, 6.07) is 59.0. The molecule has 0 aliphatic rings. The van der Waals surface area contributed by atoms with Crippen molar-refractivity contribution in [2.75, 3.05) is 24.0 Å². The fourth-order valence-corrected chi connectivity index (χ4v) is 4.59. The van der Waals surface area contributed by atoms with E-state index in [0.29, 0.717) is 0 Å². The molecule has 0 spiro atoms. The zero-order valence-corrected chi connectivity index (χ0v) is 26.0. The fraction of sp³-hybridized carbons (Fsp3) is 0.100. The Bertz CT molecular complexity index is 1390. The van der Waals surface area contributed by atoms with Gasteiger partial charge < -0.3 is 20.0 Å². The summed E-state index contributed by atoms with van der Waals surface area (Å²) in [5.41, 5.74) is 9.57. The van der Waals surface area contributed by atoms with Crippen LogP contribution in [0.1, 0.15) is 11.1 Å². The molecule has 0 unspecified atom stereocenters. The molecule has 0 bridgehead atoms. The molecular formula is C40H42N2O2. The second kappa shape index (κ2) is 17.7. The number of ether oxygens (including phenoxy) is 1. The van der Waals surface area contributed by atoms with E-state index in [4.69, 9.17) is 0 Å². The Kier molecular flexibility index (Phi) is 13.4. The molecule has 0 radical (unpaired) electrons. The van der Waals surface area contributed by atoms with Crippen molar-refractivity contribution in [1.29, 1.82) is 0 Å². The molecule has 0 amide bonds. The van der Waals surface area contributed by atoms with Gasteiger partial charge in [0.2, 0.25) is 0 Å². The summed E-state index contributed by atoms with van der Waals surface area (Å²) in [5, 5.41) is 0. The highest BCUT2D eigenvalue weighted by Crippen LogP contribution is 2.35. The van der Waals surface area contributed by atoms with Crippen LogP contribution in [0.2, 0.25) is 0 Å². The molecule has 224 valence electrons. The first-order chi connectivity index (χ1) is 21.1. The van der Waals surface area contributed by atoms with Gasteiger partial charge in [0.15, 0.2) is 0 Å². The summed E-state index contributed by atoms with van der Waals surface area (Å²) in [6.07, 6.45) is 0. The summed E-state index contributed by atoms with van der Waals surface area (Å²) in [7, 11) is 3.25. The SMILES string of the molecule is COC.Cc1ccc(N(c2ccccc2)c2ccccc2)cc1.Cc1ccc(N(c2ccccc2)c2ccccc2)cc1.O. The molecule has 0 atom stereocenters. The molecular weight excluding hydrogens is 540 g/mol. The lowest BCUT2D eigenvalue weighted by Crippen LogP contribution is -2.09. The van der Waals surface area contributed by atoms with Gasteiger partial charge in [-0.2, -0.15) is 0 Å². The van der Waals surface area contributed by atoms with E-state index in [1.54, 1.807) is 14.2 Å². The molecule has 44 heavy (non-hydrogen) atoms. The number of hydrogen-bond donors (Lipinski definition) is 0. The van der Waals surface area contributed by atoms with Crippen LogP contribution in [0.3, 0.4) is 0 Å². The normalized spacial score (nSPS) is 9.73. The van der Waals surface area contributed by atoms with E-state index in [0.717, 1.165) is 0 Å². The maximum absolute atomic E-state index is 4.25. The van der Waals surface area contributed by atoms with Gasteiger partial charge in [-0.3, -0.25) is 0 Å². The predicted molar refractivity (Wildman–Crippen MR) is 188 cm³/mol. The average Bonchev–Trinajstić information content (AvgIpc) is 3.06. The minimum Gasteiger partial charge on any atom is -0.412 e. The highest BCUT2D eigenvalue weighted by atomic mass is 16.4. The summed E-state index contributed by atoms with van der Waals surface area (Å²) in [5.74, 6) is 0. The summed E-state index contributed by atoms with van der Waals surface area (Å²) in [4.78, 5) is 4.53. The number of anilines is 6. The molecule has 0 aliphatic carbocycles. The molecule has 0 heterocycles. The molecule has 6 aromatic carbocycles. The maximum atomic E-state index is 4.25. The Hall–Kier alpha value is -5.16. The second-order valence-corrected chi connectivity index (χ2v) is 10.1. The number of benzene rings is 6. The average molecular weight is 583 g/mol. The zero-order valence-electron chi connectivity index (χ0n) is 26.0. The van der Waals surface area contributed by atoms with Gasteiger partial charge in [0.05, 0.1) is 0 Å². The van der Waals surface area contributed by atoms with Crippen molar-refractivity contribution in [2.45, 2.75) is 13.8 Å². The van der Waals surface area contributed by atoms with Crippen LogP contribution >= 0.6 is 0 Å². The highest BCUT2D eigenvalue weighted by Gasteiger charge is 2.12. The first kappa shape index (κ1) is 33.3. The molecule has 0 fully saturated rings. The third kappa shape index (κ3) is 9.43. The topological polar surface area (TPSA) is 47.2 Å². The molecule has 0 aliphatic heterocycles. The third-order valence-corrected chi connectivity index (χ3v) is 6.64. The van der Waals surface area contributed by atoms with Gasteiger partial charge in [0.1, 0.15) is 0 Å². The van der Waals surface area contributed by atoms with Crippen molar-refractivity contribution in [3.63, 3.8) is 0 Å². The van der Waals surface area contributed by atoms with Crippen LogP contribution in [-0.2, 0) is 4.74 Å². The molecule has 0 saturated heterocycles. The van der Waals surface area contributed by atoms with Gasteiger partial charge in [0, 0.05) is 48.3 Å². The molecule has 2 N–H and O–H groups in total. The third-order valence-electron chi connectivity index (χ3n) is 6.64. The lowest BCUT2D eigenvalue weighted by Gasteiger charge is -2.25. The molecule has 6 aromatic rings. The Morgan fingerprint density at radius 1 is 0.318 bits per heavy atom. The van der Waals surface area contributed by atoms with Crippen LogP contribution in [0.5, 0.6) is 0 Å². The zero-order chi connectivity index (χ0) is 30.3. The Morgan fingerprint density at radius 3 is 0.705 bits per heavy atom. The first-order valence-electron chi connectivity index (χ1n) is 14.4. The van der Waals surface area contributed by atoms with Crippen LogP contribution < -0.4 is 9.80 Å². The smallest absolute Gasteiger partial charge is 0.0461 e. The predicted octanol–water partition coefficient (Wildman–Crippen LogP) is 10.4. The van der Waals surface area contributed by atoms with E-state index in [-0.39, 0.29) is 5.48 Å². The number of aryl methyl sites for hydroxylation is 2. The van der Waals surface area contributed by atoms with E-state index >= 15 is 0 Å². The van der Waals surface area contributed by atoms with Gasteiger partial charge in [-0.05, 0) is 86.6 Å². The monoisotopic (exact) mass is 582 g/mol. The van der Waals surface area contributed by atoms with Crippen molar-refractivity contribution in [3.8, 4) is 0 Å². The van der Waals surface area contributed by atoms with Crippen molar-refractivity contribution in [3.05, 3.63) is 181 Å². The van der Waals surface area contributed by atoms with Gasteiger partial charge >= 0.3 is 0 Å². The first-order valence-corrected chi connectivity index (χ1v) is 14.4. The van der Waals surface area contributed by atoms with Gasteiger partial charge in [-0.1, -0.05) is 108 Å². The second-order valence-electron chi connectivity index (χ2n) is 10.1. The van der Waals surface area contributed by atoms with Crippen molar-refractivity contribution < 1.29 is 10.2 Å².